The number of hydrogen-bond acceptors (Lipinski definition) is 3. The minimum atomic E-state index is -0.940. The summed E-state index contributed by atoms with van der Waals surface area (Å²) in [6.07, 6.45) is 0. The van der Waals surface area contributed by atoms with Crippen LogP contribution in [0.15, 0.2) is 22.7 Å². The second-order valence-electron chi connectivity index (χ2n) is 2.67. The van der Waals surface area contributed by atoms with Gasteiger partial charge in [0.25, 0.3) is 5.78 Å². The minimum Gasteiger partial charge on any atom is -0.460 e. The zero-order valence-corrected chi connectivity index (χ0v) is 9.51. The highest BCUT2D eigenvalue weighted by Gasteiger charge is 2.20. The zero-order chi connectivity index (χ0) is 11.4. The smallest absolute Gasteiger partial charge is 0.379 e. The molecule has 3 nitrogen and oxygen atoms in total. The average molecular weight is 275 g/mol. The Morgan fingerprint density at radius 3 is 2.67 bits per heavy atom. The van der Waals surface area contributed by atoms with E-state index in [0.29, 0.717) is 0 Å². The second-order valence-corrected chi connectivity index (χ2v) is 3.53. The largest absolute Gasteiger partial charge is 0.460 e. The maximum atomic E-state index is 12.7. The molecule has 5 heteroatoms. The van der Waals surface area contributed by atoms with Crippen LogP contribution in [0.2, 0.25) is 0 Å². The third-order valence-electron chi connectivity index (χ3n) is 1.64. The monoisotopic (exact) mass is 274 g/mol. The van der Waals surface area contributed by atoms with Crippen LogP contribution < -0.4 is 0 Å². The van der Waals surface area contributed by atoms with Crippen LogP contribution >= 0.6 is 15.9 Å². The van der Waals surface area contributed by atoms with Crippen molar-refractivity contribution < 1.29 is 18.7 Å². The molecule has 1 rings (SSSR count). The molecule has 0 saturated carbocycles. The second kappa shape index (κ2) is 5.02. The van der Waals surface area contributed by atoms with Gasteiger partial charge in [-0.05, 0) is 41.1 Å². The van der Waals surface area contributed by atoms with Crippen LogP contribution in [-0.4, -0.2) is 18.4 Å². The lowest BCUT2D eigenvalue weighted by Crippen LogP contribution is -2.17. The lowest BCUT2D eigenvalue weighted by Gasteiger charge is -2.03. The quantitative estimate of drug-likeness (QED) is 0.483. The van der Waals surface area contributed by atoms with Crippen LogP contribution in [0.5, 0.6) is 0 Å². The summed E-state index contributed by atoms with van der Waals surface area (Å²) >= 11 is 3.00. The van der Waals surface area contributed by atoms with E-state index in [2.05, 4.69) is 20.7 Å². The van der Waals surface area contributed by atoms with Crippen molar-refractivity contribution in [2.75, 3.05) is 6.61 Å². The molecule has 0 bridgehead atoms. The molecule has 0 heterocycles. The van der Waals surface area contributed by atoms with Crippen molar-refractivity contribution in [3.8, 4) is 0 Å². The Kier molecular flexibility index (Phi) is 3.96. The van der Waals surface area contributed by atoms with Crippen LogP contribution in [0.1, 0.15) is 17.3 Å². The first-order valence-electron chi connectivity index (χ1n) is 4.22. The Labute approximate surface area is 94.4 Å². The molecule has 0 aromatic heterocycles. The van der Waals surface area contributed by atoms with Gasteiger partial charge >= 0.3 is 5.97 Å². The van der Waals surface area contributed by atoms with E-state index in [4.69, 9.17) is 0 Å². The van der Waals surface area contributed by atoms with Crippen LogP contribution in [0, 0.1) is 5.82 Å². The summed E-state index contributed by atoms with van der Waals surface area (Å²) in [4.78, 5) is 22.5. The van der Waals surface area contributed by atoms with E-state index in [1.807, 2.05) is 0 Å². The van der Waals surface area contributed by atoms with Crippen molar-refractivity contribution >= 4 is 27.7 Å². The molecule has 0 saturated heterocycles. The number of hydrogen-bond donors (Lipinski definition) is 0. The van der Waals surface area contributed by atoms with E-state index in [9.17, 15) is 14.0 Å². The highest BCUT2D eigenvalue weighted by molar-refractivity contribution is 9.10. The number of ether oxygens (including phenoxy) is 1. The molecule has 0 spiro atoms. The van der Waals surface area contributed by atoms with Gasteiger partial charge in [-0.3, -0.25) is 4.79 Å². The average Bonchev–Trinajstić information content (AvgIpc) is 2.17. The summed E-state index contributed by atoms with van der Waals surface area (Å²) in [5, 5.41) is 0. The van der Waals surface area contributed by atoms with Crippen LogP contribution in [0.3, 0.4) is 0 Å². The van der Waals surface area contributed by atoms with E-state index in [1.165, 1.54) is 6.07 Å². The normalized spacial score (nSPS) is 9.80. The Morgan fingerprint density at radius 1 is 1.47 bits per heavy atom. The highest BCUT2D eigenvalue weighted by atomic mass is 79.9. The molecule has 15 heavy (non-hydrogen) atoms. The fraction of sp³-hybridized carbons (Fsp3) is 0.200. The lowest BCUT2D eigenvalue weighted by atomic mass is 10.1. The Balaban J connectivity index is 2.96. The number of carbonyl (C=O) groups is 2. The number of rotatable bonds is 3. The zero-order valence-electron chi connectivity index (χ0n) is 7.92. The van der Waals surface area contributed by atoms with Crippen LogP contribution in [0.25, 0.3) is 0 Å². The molecule has 1 aromatic carbocycles. The van der Waals surface area contributed by atoms with Gasteiger partial charge in [0.2, 0.25) is 0 Å². The van der Waals surface area contributed by atoms with Gasteiger partial charge in [0.1, 0.15) is 5.82 Å². The van der Waals surface area contributed by atoms with Crippen molar-refractivity contribution in [3.05, 3.63) is 34.1 Å². The summed E-state index contributed by atoms with van der Waals surface area (Å²) in [5.41, 5.74) is 0.0925. The number of carbonyl (C=O) groups excluding carboxylic acids is 2. The first-order chi connectivity index (χ1) is 7.06. The SMILES string of the molecule is CCOC(=O)C(=O)c1ccc(F)cc1Br. The number of ketones is 1. The van der Waals surface area contributed by atoms with Gasteiger partial charge in [0, 0.05) is 10.0 Å². The van der Waals surface area contributed by atoms with Crippen molar-refractivity contribution in [3.63, 3.8) is 0 Å². The molecular formula is C10H8BrFO3. The topological polar surface area (TPSA) is 43.4 Å². The van der Waals surface area contributed by atoms with Gasteiger partial charge in [-0.2, -0.15) is 0 Å². The van der Waals surface area contributed by atoms with E-state index >= 15 is 0 Å². The van der Waals surface area contributed by atoms with E-state index < -0.39 is 17.6 Å². The Bertz CT molecular complexity index is 404. The van der Waals surface area contributed by atoms with Gasteiger partial charge in [0.05, 0.1) is 6.61 Å². The maximum Gasteiger partial charge on any atom is 0.379 e. The highest BCUT2D eigenvalue weighted by Crippen LogP contribution is 2.18. The molecule has 0 atom stereocenters. The number of Topliss-reactive ketones (excluding diaryl/α,β-unsaturated/α-hetero) is 1. The molecule has 0 fully saturated rings. The number of benzene rings is 1. The lowest BCUT2D eigenvalue weighted by molar-refractivity contribution is -0.137. The number of halogens is 2. The van der Waals surface area contributed by atoms with Crippen molar-refractivity contribution in [1.29, 1.82) is 0 Å². The van der Waals surface area contributed by atoms with Gasteiger partial charge in [-0.25, -0.2) is 9.18 Å². The predicted octanol–water partition coefficient (Wildman–Crippen LogP) is 2.33. The van der Waals surface area contributed by atoms with E-state index in [1.54, 1.807) is 6.92 Å². The van der Waals surface area contributed by atoms with Crippen LogP contribution in [-0.2, 0) is 9.53 Å². The van der Waals surface area contributed by atoms with Crippen molar-refractivity contribution in [1.82, 2.24) is 0 Å². The minimum absolute atomic E-state index is 0.0925. The van der Waals surface area contributed by atoms with Crippen LogP contribution in [0.4, 0.5) is 4.39 Å². The summed E-state index contributed by atoms with van der Waals surface area (Å²) < 4.78 is 17.5. The molecule has 0 N–H and O–H groups in total. The number of esters is 1. The van der Waals surface area contributed by atoms with Crippen molar-refractivity contribution in [2.24, 2.45) is 0 Å². The molecule has 0 unspecified atom stereocenters. The fourth-order valence-corrected chi connectivity index (χ4v) is 1.51. The van der Waals surface area contributed by atoms with Gasteiger partial charge in [0.15, 0.2) is 0 Å². The first kappa shape index (κ1) is 11.8. The molecule has 0 aliphatic heterocycles. The molecule has 0 aliphatic rings. The maximum absolute atomic E-state index is 12.7. The molecular weight excluding hydrogens is 267 g/mol. The predicted molar refractivity (Wildman–Crippen MR) is 55.1 cm³/mol. The molecule has 80 valence electrons. The molecule has 1 aromatic rings. The van der Waals surface area contributed by atoms with Gasteiger partial charge in [-0.1, -0.05) is 0 Å². The van der Waals surface area contributed by atoms with E-state index in [-0.39, 0.29) is 16.6 Å². The third kappa shape index (κ3) is 2.86. The molecule has 0 aliphatic carbocycles. The standard InChI is InChI=1S/C10H8BrFO3/c1-2-15-10(14)9(13)7-4-3-6(12)5-8(7)11/h3-5H,2H2,1H3. The molecule has 0 radical (unpaired) electrons. The Morgan fingerprint density at radius 2 is 2.13 bits per heavy atom. The van der Waals surface area contributed by atoms with Gasteiger partial charge < -0.3 is 4.74 Å². The summed E-state index contributed by atoms with van der Waals surface area (Å²) in [7, 11) is 0. The molecule has 0 amide bonds. The van der Waals surface area contributed by atoms with Crippen molar-refractivity contribution in [2.45, 2.75) is 6.92 Å². The van der Waals surface area contributed by atoms with E-state index in [0.717, 1.165) is 12.1 Å². The van der Waals surface area contributed by atoms with Gasteiger partial charge in [-0.15, -0.1) is 0 Å². The summed E-state index contributed by atoms with van der Waals surface area (Å²) in [6.45, 7) is 1.73. The Hall–Kier alpha value is -1.23. The summed E-state index contributed by atoms with van der Waals surface area (Å²) in [5.74, 6) is -2.21. The fourth-order valence-electron chi connectivity index (χ4n) is 0.980. The summed E-state index contributed by atoms with van der Waals surface area (Å²) in [6, 6.07) is 3.46. The third-order valence-corrected chi connectivity index (χ3v) is 2.29. The first-order valence-corrected chi connectivity index (χ1v) is 5.02.